The molecule has 8 heteroatoms. The summed E-state index contributed by atoms with van der Waals surface area (Å²) in [5.74, 6) is -2.42. The molecule has 0 heterocycles. The summed E-state index contributed by atoms with van der Waals surface area (Å²) in [6.07, 6.45) is 1.40. The maximum atomic E-state index is 12.1. The molecule has 0 saturated heterocycles. The zero-order valence-corrected chi connectivity index (χ0v) is 14.8. The van der Waals surface area contributed by atoms with E-state index in [1.807, 2.05) is 13.8 Å². The number of nitrogens with one attached hydrogen (secondary N) is 2. The predicted molar refractivity (Wildman–Crippen MR) is 94.1 cm³/mol. The minimum Gasteiger partial charge on any atom is -0.480 e. The van der Waals surface area contributed by atoms with E-state index < -0.39 is 23.9 Å². The molecule has 0 spiro atoms. The molecule has 0 aliphatic rings. The molecule has 0 bridgehead atoms. The van der Waals surface area contributed by atoms with Crippen molar-refractivity contribution in [3.05, 3.63) is 41.6 Å². The lowest BCUT2D eigenvalue weighted by Gasteiger charge is -2.16. The third kappa shape index (κ3) is 6.28. The van der Waals surface area contributed by atoms with Crippen LogP contribution in [0.15, 0.2) is 36.0 Å². The van der Waals surface area contributed by atoms with Gasteiger partial charge in [0.2, 0.25) is 0 Å². The lowest BCUT2D eigenvalue weighted by Crippen LogP contribution is -2.42. The maximum Gasteiger partial charge on any atom is 0.337 e. The number of ether oxygens (including phenoxy) is 1. The van der Waals surface area contributed by atoms with Crippen molar-refractivity contribution < 1.29 is 24.2 Å². The van der Waals surface area contributed by atoms with Gasteiger partial charge in [-0.15, -0.1) is 0 Å². The van der Waals surface area contributed by atoms with E-state index in [4.69, 9.17) is 10.4 Å². The van der Waals surface area contributed by atoms with Crippen molar-refractivity contribution in [3.8, 4) is 6.07 Å². The maximum absolute atomic E-state index is 12.1. The van der Waals surface area contributed by atoms with Gasteiger partial charge in [0.25, 0.3) is 5.91 Å². The first-order chi connectivity index (χ1) is 12.3. The molecule has 1 rings (SSSR count). The molecule has 0 radical (unpaired) electrons. The van der Waals surface area contributed by atoms with Gasteiger partial charge >= 0.3 is 11.9 Å². The second kappa shape index (κ2) is 9.84. The number of carboxylic acid groups (broad SMARTS) is 1. The van der Waals surface area contributed by atoms with Gasteiger partial charge in [-0.05, 0) is 30.5 Å². The van der Waals surface area contributed by atoms with Crippen molar-refractivity contribution in [3.63, 3.8) is 0 Å². The molecular weight excluding hydrogens is 338 g/mol. The molecule has 0 fully saturated rings. The molecule has 138 valence electrons. The number of benzene rings is 1. The Morgan fingerprint density at radius 2 is 2.04 bits per heavy atom. The molecule has 0 aliphatic carbocycles. The van der Waals surface area contributed by atoms with Crippen molar-refractivity contribution in [2.45, 2.75) is 26.3 Å². The number of hydrogen-bond donors (Lipinski definition) is 3. The zero-order valence-electron chi connectivity index (χ0n) is 14.8. The third-order valence-corrected chi connectivity index (χ3v) is 3.34. The van der Waals surface area contributed by atoms with E-state index in [1.54, 1.807) is 24.3 Å². The van der Waals surface area contributed by atoms with Gasteiger partial charge in [-0.2, -0.15) is 5.26 Å². The number of carbonyl (C=O) groups is 3. The Labute approximate surface area is 151 Å². The van der Waals surface area contributed by atoms with E-state index in [-0.39, 0.29) is 17.9 Å². The number of methoxy groups -OCH3 is 1. The molecule has 1 aromatic rings. The van der Waals surface area contributed by atoms with Crippen molar-refractivity contribution in [2.24, 2.45) is 5.92 Å². The van der Waals surface area contributed by atoms with Crippen molar-refractivity contribution in [2.75, 3.05) is 12.4 Å². The first-order valence-electron chi connectivity index (χ1n) is 7.87. The van der Waals surface area contributed by atoms with Crippen molar-refractivity contribution in [1.29, 1.82) is 5.26 Å². The fourth-order valence-electron chi connectivity index (χ4n) is 2.09. The number of rotatable bonds is 8. The van der Waals surface area contributed by atoms with Crippen LogP contribution in [-0.2, 0) is 14.3 Å². The molecule has 1 atom stereocenters. The highest BCUT2D eigenvalue weighted by molar-refractivity contribution is 5.99. The molecule has 26 heavy (non-hydrogen) atoms. The van der Waals surface area contributed by atoms with Gasteiger partial charge < -0.3 is 20.5 Å². The lowest BCUT2D eigenvalue weighted by atomic mass is 10.0. The third-order valence-electron chi connectivity index (χ3n) is 3.34. The first kappa shape index (κ1) is 20.7. The van der Waals surface area contributed by atoms with Gasteiger partial charge in [0.05, 0.1) is 12.7 Å². The molecule has 1 amide bonds. The van der Waals surface area contributed by atoms with Crippen LogP contribution < -0.4 is 10.6 Å². The van der Waals surface area contributed by atoms with Crippen LogP contribution >= 0.6 is 0 Å². The number of anilines is 1. The van der Waals surface area contributed by atoms with Crippen LogP contribution in [-0.4, -0.2) is 36.1 Å². The quantitative estimate of drug-likeness (QED) is 0.367. The second-order valence-electron chi connectivity index (χ2n) is 5.88. The van der Waals surface area contributed by atoms with E-state index in [9.17, 15) is 14.4 Å². The second-order valence-corrected chi connectivity index (χ2v) is 5.88. The van der Waals surface area contributed by atoms with Crippen LogP contribution in [0.4, 0.5) is 5.69 Å². The molecule has 8 nitrogen and oxygen atoms in total. The first-order valence-corrected chi connectivity index (χ1v) is 7.87. The molecule has 1 unspecified atom stereocenters. The number of carboxylic acids is 1. The minimum absolute atomic E-state index is 0.0603. The average Bonchev–Trinajstić information content (AvgIpc) is 2.60. The normalized spacial score (nSPS) is 12.0. The van der Waals surface area contributed by atoms with Crippen LogP contribution in [0.2, 0.25) is 0 Å². The van der Waals surface area contributed by atoms with E-state index >= 15 is 0 Å². The molecule has 0 aromatic heterocycles. The van der Waals surface area contributed by atoms with E-state index in [0.29, 0.717) is 11.3 Å². The fraction of sp³-hybridized carbons (Fsp3) is 0.333. The highest BCUT2D eigenvalue weighted by Crippen LogP contribution is 2.12. The summed E-state index contributed by atoms with van der Waals surface area (Å²) in [5.41, 5.74) is 0.477. The highest BCUT2D eigenvalue weighted by atomic mass is 16.5. The smallest absolute Gasteiger partial charge is 0.337 e. The lowest BCUT2D eigenvalue weighted by molar-refractivity contribution is -0.141. The number of esters is 1. The van der Waals surface area contributed by atoms with Gasteiger partial charge in [-0.25, -0.2) is 9.59 Å². The summed E-state index contributed by atoms with van der Waals surface area (Å²) >= 11 is 0. The summed E-state index contributed by atoms with van der Waals surface area (Å²) in [4.78, 5) is 34.9. The SMILES string of the molecule is COC(=O)c1cccc(N/C=C(/C#N)C(=O)NC(CC(C)C)C(=O)O)c1. The predicted octanol–water partition coefficient (Wildman–Crippen LogP) is 1.91. The standard InChI is InChI=1S/C18H21N3O5/c1-11(2)7-15(17(23)24)21-16(22)13(9-19)10-20-14-6-4-5-12(8-14)18(25)26-3/h4-6,8,10-11,15,20H,7H2,1-3H3,(H,21,22)(H,23,24)/b13-10-. The summed E-state index contributed by atoms with van der Waals surface area (Å²) in [6.45, 7) is 3.66. The topological polar surface area (TPSA) is 129 Å². The zero-order chi connectivity index (χ0) is 19.7. The van der Waals surface area contributed by atoms with Crippen LogP contribution in [0, 0.1) is 17.2 Å². The molecule has 0 aliphatic heterocycles. The Morgan fingerprint density at radius 1 is 1.35 bits per heavy atom. The molecule has 3 N–H and O–H groups in total. The number of hydrogen-bond acceptors (Lipinski definition) is 6. The highest BCUT2D eigenvalue weighted by Gasteiger charge is 2.22. The summed E-state index contributed by atoms with van der Waals surface area (Å²) in [5, 5.41) is 23.4. The Kier molecular flexibility index (Phi) is 7.83. The van der Waals surface area contributed by atoms with Gasteiger partial charge in [0, 0.05) is 11.9 Å². The number of nitriles is 1. The largest absolute Gasteiger partial charge is 0.480 e. The van der Waals surface area contributed by atoms with Gasteiger partial charge in [0.1, 0.15) is 17.7 Å². The van der Waals surface area contributed by atoms with Crippen LogP contribution in [0.1, 0.15) is 30.6 Å². The Hall–Kier alpha value is -3.34. The molecule has 0 saturated carbocycles. The van der Waals surface area contributed by atoms with Crippen LogP contribution in [0.3, 0.4) is 0 Å². The van der Waals surface area contributed by atoms with E-state index in [0.717, 1.165) is 6.20 Å². The molecular formula is C18H21N3O5. The summed E-state index contributed by atoms with van der Waals surface area (Å²) in [6, 6.07) is 6.93. The van der Waals surface area contributed by atoms with Gasteiger partial charge in [-0.1, -0.05) is 19.9 Å². The Bertz CT molecular complexity index is 749. The van der Waals surface area contributed by atoms with Crippen LogP contribution in [0.25, 0.3) is 0 Å². The Morgan fingerprint density at radius 3 is 2.58 bits per heavy atom. The monoisotopic (exact) mass is 359 g/mol. The average molecular weight is 359 g/mol. The number of aliphatic carboxylic acids is 1. The van der Waals surface area contributed by atoms with Crippen molar-refractivity contribution in [1.82, 2.24) is 5.32 Å². The summed E-state index contributed by atoms with van der Waals surface area (Å²) in [7, 11) is 1.26. The molecule has 1 aromatic carbocycles. The van der Waals surface area contributed by atoms with E-state index in [1.165, 1.54) is 13.2 Å². The Balaban J connectivity index is 2.87. The number of nitrogens with zero attached hydrogens (tertiary/aromatic N) is 1. The number of amides is 1. The van der Waals surface area contributed by atoms with Gasteiger partial charge in [0.15, 0.2) is 0 Å². The minimum atomic E-state index is -1.16. The fourth-order valence-corrected chi connectivity index (χ4v) is 2.09. The van der Waals surface area contributed by atoms with E-state index in [2.05, 4.69) is 15.4 Å². The van der Waals surface area contributed by atoms with Gasteiger partial charge in [-0.3, -0.25) is 4.79 Å². The summed E-state index contributed by atoms with van der Waals surface area (Å²) < 4.78 is 4.62. The number of carbonyl (C=O) groups excluding carboxylic acids is 2. The van der Waals surface area contributed by atoms with Crippen LogP contribution in [0.5, 0.6) is 0 Å². The van der Waals surface area contributed by atoms with Crippen molar-refractivity contribution >= 4 is 23.5 Å².